The molecule has 0 aliphatic heterocycles. The Bertz CT molecular complexity index is 554. The molecule has 0 spiro atoms. The molecule has 0 radical (unpaired) electrons. The number of hydrogen-bond acceptors (Lipinski definition) is 2. The molecule has 2 N–H and O–H groups in total. The molecule has 0 saturated heterocycles. The Labute approximate surface area is 113 Å². The standard InChI is InChI=1S/C16H18FNO/c1-2-9-19-16-6-4-3-5-13(16)14-10-12(11-18)7-8-15(14)17/h3-8,10H,2,9,11,18H2,1H3. The first-order chi connectivity index (χ1) is 9.26. The predicted octanol–water partition coefficient (Wildman–Crippen LogP) is 3.74. The molecule has 19 heavy (non-hydrogen) atoms. The first-order valence-corrected chi connectivity index (χ1v) is 6.47. The van der Waals surface area contributed by atoms with Crippen LogP contribution in [0.5, 0.6) is 5.75 Å². The van der Waals surface area contributed by atoms with Crippen molar-refractivity contribution in [3.05, 3.63) is 53.8 Å². The highest BCUT2D eigenvalue weighted by molar-refractivity contribution is 5.71. The summed E-state index contributed by atoms with van der Waals surface area (Å²) in [6.45, 7) is 3.05. The quantitative estimate of drug-likeness (QED) is 0.887. The Balaban J connectivity index is 2.45. The van der Waals surface area contributed by atoms with E-state index in [0.717, 1.165) is 17.5 Å². The molecule has 0 unspecified atom stereocenters. The molecule has 0 amide bonds. The van der Waals surface area contributed by atoms with Gasteiger partial charge in [0, 0.05) is 17.7 Å². The molecule has 2 rings (SSSR count). The molecule has 3 heteroatoms. The molecule has 2 nitrogen and oxygen atoms in total. The average Bonchev–Trinajstić information content (AvgIpc) is 2.46. The van der Waals surface area contributed by atoms with Gasteiger partial charge in [-0.2, -0.15) is 0 Å². The van der Waals surface area contributed by atoms with Crippen LogP contribution in [0, 0.1) is 5.82 Å². The van der Waals surface area contributed by atoms with Crippen molar-refractivity contribution in [2.45, 2.75) is 19.9 Å². The van der Waals surface area contributed by atoms with Gasteiger partial charge in [0.15, 0.2) is 0 Å². The topological polar surface area (TPSA) is 35.2 Å². The molecule has 0 fully saturated rings. The second kappa shape index (κ2) is 6.34. The third kappa shape index (κ3) is 3.12. The summed E-state index contributed by atoms with van der Waals surface area (Å²) in [5.74, 6) is 0.446. The number of rotatable bonds is 5. The van der Waals surface area contributed by atoms with Gasteiger partial charge < -0.3 is 10.5 Å². The van der Waals surface area contributed by atoms with Crippen molar-refractivity contribution in [2.24, 2.45) is 5.73 Å². The zero-order valence-corrected chi connectivity index (χ0v) is 11.0. The fourth-order valence-corrected chi connectivity index (χ4v) is 1.93. The number of benzene rings is 2. The van der Waals surface area contributed by atoms with Gasteiger partial charge in [-0.3, -0.25) is 0 Å². The zero-order valence-electron chi connectivity index (χ0n) is 11.0. The van der Waals surface area contributed by atoms with Crippen LogP contribution in [0.15, 0.2) is 42.5 Å². The van der Waals surface area contributed by atoms with E-state index >= 15 is 0 Å². The van der Waals surface area contributed by atoms with Crippen molar-refractivity contribution in [3.63, 3.8) is 0 Å². The Morgan fingerprint density at radius 1 is 1.11 bits per heavy atom. The molecule has 0 heterocycles. The Morgan fingerprint density at radius 2 is 1.89 bits per heavy atom. The molecular weight excluding hydrogens is 241 g/mol. The minimum atomic E-state index is -0.259. The third-order valence-corrected chi connectivity index (χ3v) is 2.91. The Hall–Kier alpha value is -1.87. The second-order valence-electron chi connectivity index (χ2n) is 4.36. The molecule has 0 atom stereocenters. The summed E-state index contributed by atoms with van der Waals surface area (Å²) < 4.78 is 19.7. The highest BCUT2D eigenvalue weighted by Crippen LogP contribution is 2.32. The lowest BCUT2D eigenvalue weighted by Crippen LogP contribution is -2.00. The molecular formula is C16H18FNO. The lowest BCUT2D eigenvalue weighted by Gasteiger charge is -2.12. The lowest BCUT2D eigenvalue weighted by molar-refractivity contribution is 0.318. The van der Waals surface area contributed by atoms with E-state index in [-0.39, 0.29) is 5.82 Å². The van der Waals surface area contributed by atoms with Crippen molar-refractivity contribution in [3.8, 4) is 16.9 Å². The first-order valence-electron chi connectivity index (χ1n) is 6.47. The van der Waals surface area contributed by atoms with Gasteiger partial charge in [0.05, 0.1) is 6.61 Å². The molecule has 0 aromatic heterocycles. The second-order valence-corrected chi connectivity index (χ2v) is 4.36. The van der Waals surface area contributed by atoms with Crippen LogP contribution in [0.4, 0.5) is 4.39 Å². The van der Waals surface area contributed by atoms with E-state index in [9.17, 15) is 4.39 Å². The van der Waals surface area contributed by atoms with Gasteiger partial charge in [0.25, 0.3) is 0 Å². The molecule has 0 bridgehead atoms. The van der Waals surface area contributed by atoms with Gasteiger partial charge in [0.1, 0.15) is 11.6 Å². The van der Waals surface area contributed by atoms with Crippen molar-refractivity contribution in [2.75, 3.05) is 6.61 Å². The minimum Gasteiger partial charge on any atom is -0.493 e. The number of halogens is 1. The van der Waals surface area contributed by atoms with Crippen molar-refractivity contribution >= 4 is 0 Å². The molecule has 0 saturated carbocycles. The van der Waals surface area contributed by atoms with E-state index in [1.165, 1.54) is 6.07 Å². The maximum absolute atomic E-state index is 14.0. The molecule has 0 aliphatic rings. The van der Waals surface area contributed by atoms with Crippen LogP contribution < -0.4 is 10.5 Å². The predicted molar refractivity (Wildman–Crippen MR) is 75.5 cm³/mol. The molecule has 100 valence electrons. The zero-order chi connectivity index (χ0) is 13.7. The van der Waals surface area contributed by atoms with E-state index in [2.05, 4.69) is 0 Å². The average molecular weight is 259 g/mol. The Kier molecular flexibility index (Phi) is 4.53. The fraction of sp³-hybridized carbons (Fsp3) is 0.250. The van der Waals surface area contributed by atoms with Gasteiger partial charge in [-0.1, -0.05) is 31.2 Å². The summed E-state index contributed by atoms with van der Waals surface area (Å²) >= 11 is 0. The van der Waals surface area contributed by atoms with Crippen LogP contribution in [0.25, 0.3) is 11.1 Å². The maximum atomic E-state index is 14.0. The Morgan fingerprint density at radius 3 is 2.63 bits per heavy atom. The summed E-state index contributed by atoms with van der Waals surface area (Å²) in [5, 5.41) is 0. The van der Waals surface area contributed by atoms with E-state index in [4.69, 9.17) is 10.5 Å². The highest BCUT2D eigenvalue weighted by atomic mass is 19.1. The van der Waals surface area contributed by atoms with E-state index < -0.39 is 0 Å². The normalized spacial score (nSPS) is 10.5. The van der Waals surface area contributed by atoms with Gasteiger partial charge in [-0.05, 0) is 30.2 Å². The monoisotopic (exact) mass is 259 g/mol. The van der Waals surface area contributed by atoms with Gasteiger partial charge in [-0.25, -0.2) is 4.39 Å². The molecule has 2 aromatic rings. The summed E-state index contributed by atoms with van der Waals surface area (Å²) in [6.07, 6.45) is 0.916. The van der Waals surface area contributed by atoms with Crippen LogP contribution in [0.3, 0.4) is 0 Å². The third-order valence-electron chi connectivity index (χ3n) is 2.91. The first kappa shape index (κ1) is 13.6. The SMILES string of the molecule is CCCOc1ccccc1-c1cc(CN)ccc1F. The van der Waals surface area contributed by atoms with E-state index in [1.54, 1.807) is 12.1 Å². The number of hydrogen-bond donors (Lipinski definition) is 1. The van der Waals surface area contributed by atoms with Crippen LogP contribution in [-0.2, 0) is 6.54 Å². The lowest BCUT2D eigenvalue weighted by atomic mass is 10.0. The van der Waals surface area contributed by atoms with Crippen molar-refractivity contribution in [1.29, 1.82) is 0 Å². The molecule has 2 aromatic carbocycles. The molecule has 0 aliphatic carbocycles. The summed E-state index contributed by atoms with van der Waals surface area (Å²) in [6, 6.07) is 12.4. The van der Waals surface area contributed by atoms with Gasteiger partial charge in [0.2, 0.25) is 0 Å². The van der Waals surface area contributed by atoms with Gasteiger partial charge in [-0.15, -0.1) is 0 Å². The fourth-order valence-electron chi connectivity index (χ4n) is 1.93. The summed E-state index contributed by atoms with van der Waals surface area (Å²) in [4.78, 5) is 0. The minimum absolute atomic E-state index is 0.259. The maximum Gasteiger partial charge on any atom is 0.131 e. The summed E-state index contributed by atoms with van der Waals surface area (Å²) in [7, 11) is 0. The largest absolute Gasteiger partial charge is 0.493 e. The van der Waals surface area contributed by atoms with E-state index in [1.807, 2.05) is 31.2 Å². The number of ether oxygens (including phenoxy) is 1. The highest BCUT2D eigenvalue weighted by Gasteiger charge is 2.11. The van der Waals surface area contributed by atoms with Crippen LogP contribution >= 0.6 is 0 Å². The van der Waals surface area contributed by atoms with E-state index in [0.29, 0.717) is 24.5 Å². The van der Waals surface area contributed by atoms with Crippen LogP contribution in [-0.4, -0.2) is 6.61 Å². The number of para-hydroxylation sites is 1. The van der Waals surface area contributed by atoms with Crippen LogP contribution in [0.2, 0.25) is 0 Å². The smallest absolute Gasteiger partial charge is 0.131 e. The van der Waals surface area contributed by atoms with Gasteiger partial charge >= 0.3 is 0 Å². The van der Waals surface area contributed by atoms with Crippen molar-refractivity contribution < 1.29 is 9.13 Å². The number of nitrogens with two attached hydrogens (primary N) is 1. The van der Waals surface area contributed by atoms with Crippen LogP contribution in [0.1, 0.15) is 18.9 Å². The summed E-state index contributed by atoms with van der Waals surface area (Å²) in [5.41, 5.74) is 7.82. The van der Waals surface area contributed by atoms with Crippen molar-refractivity contribution in [1.82, 2.24) is 0 Å².